The van der Waals surface area contributed by atoms with Gasteiger partial charge in [-0.1, -0.05) is 0 Å². The first-order chi connectivity index (χ1) is 14.1. The second-order valence-electron chi connectivity index (χ2n) is 7.00. The van der Waals surface area contributed by atoms with Gasteiger partial charge in [-0.3, -0.25) is 14.4 Å². The Morgan fingerprint density at radius 2 is 1.93 bits per heavy atom. The number of amides is 3. The Balaban J connectivity index is 1.36. The number of ether oxygens (including phenoxy) is 2. The summed E-state index contributed by atoms with van der Waals surface area (Å²) in [5, 5.41) is 6.60. The molecular formula is C20H26N4O5. The minimum absolute atomic E-state index is 0.0746. The van der Waals surface area contributed by atoms with Gasteiger partial charge in [-0.2, -0.15) is 5.10 Å². The van der Waals surface area contributed by atoms with Crippen LogP contribution in [0.15, 0.2) is 29.4 Å². The summed E-state index contributed by atoms with van der Waals surface area (Å²) in [6, 6.07) is 6.87. The first-order valence-corrected chi connectivity index (χ1v) is 9.85. The zero-order valence-corrected chi connectivity index (χ0v) is 16.3. The Morgan fingerprint density at radius 1 is 1.17 bits per heavy atom. The van der Waals surface area contributed by atoms with Gasteiger partial charge in [0, 0.05) is 26.2 Å². The van der Waals surface area contributed by atoms with Crippen LogP contribution in [0.5, 0.6) is 5.75 Å². The molecule has 2 fully saturated rings. The molecule has 0 unspecified atom stereocenters. The molecule has 9 nitrogen and oxygen atoms in total. The molecule has 1 atom stereocenters. The first-order valence-electron chi connectivity index (χ1n) is 9.85. The highest BCUT2D eigenvalue weighted by Crippen LogP contribution is 2.12. The number of carbonyl (C=O) groups excluding carboxylic acids is 3. The minimum atomic E-state index is -0.739. The van der Waals surface area contributed by atoms with E-state index in [0.717, 1.165) is 32.3 Å². The van der Waals surface area contributed by atoms with E-state index in [1.807, 2.05) is 0 Å². The maximum Gasteiger partial charge on any atom is 0.329 e. The van der Waals surface area contributed by atoms with Crippen LogP contribution in [0.3, 0.4) is 0 Å². The fourth-order valence-electron chi connectivity index (χ4n) is 3.16. The summed E-state index contributed by atoms with van der Waals surface area (Å²) in [5.41, 5.74) is 2.96. The van der Waals surface area contributed by atoms with Crippen LogP contribution in [0.1, 0.15) is 31.2 Å². The molecule has 3 rings (SSSR count). The molecule has 0 spiro atoms. The quantitative estimate of drug-likeness (QED) is 0.391. The largest absolute Gasteiger partial charge is 0.484 e. The highest BCUT2D eigenvalue weighted by Gasteiger charge is 2.23. The van der Waals surface area contributed by atoms with Crippen molar-refractivity contribution in [3.63, 3.8) is 0 Å². The third kappa shape index (κ3) is 6.56. The molecule has 0 bridgehead atoms. The van der Waals surface area contributed by atoms with Gasteiger partial charge in [0.25, 0.3) is 5.91 Å². The van der Waals surface area contributed by atoms with Gasteiger partial charge >= 0.3 is 11.8 Å². The first kappa shape index (κ1) is 20.8. The lowest BCUT2D eigenvalue weighted by Gasteiger charge is -2.12. The summed E-state index contributed by atoms with van der Waals surface area (Å²) in [6.07, 6.45) is 5.39. The average Bonchev–Trinajstić information content (AvgIpc) is 3.45. The van der Waals surface area contributed by atoms with Crippen molar-refractivity contribution >= 4 is 23.9 Å². The van der Waals surface area contributed by atoms with Crippen molar-refractivity contribution in [2.75, 3.05) is 32.8 Å². The van der Waals surface area contributed by atoms with E-state index in [1.165, 1.54) is 11.1 Å². The summed E-state index contributed by atoms with van der Waals surface area (Å²) < 4.78 is 10.9. The van der Waals surface area contributed by atoms with Crippen LogP contribution >= 0.6 is 0 Å². The lowest BCUT2D eigenvalue weighted by molar-refractivity contribution is -0.145. The Kier molecular flexibility index (Phi) is 7.57. The molecule has 156 valence electrons. The van der Waals surface area contributed by atoms with Crippen LogP contribution in [-0.2, 0) is 19.1 Å². The summed E-state index contributed by atoms with van der Waals surface area (Å²) in [6.45, 7) is 2.41. The van der Waals surface area contributed by atoms with Crippen molar-refractivity contribution in [1.29, 1.82) is 0 Å². The van der Waals surface area contributed by atoms with E-state index in [0.29, 0.717) is 30.9 Å². The Morgan fingerprint density at radius 3 is 2.62 bits per heavy atom. The predicted molar refractivity (Wildman–Crippen MR) is 105 cm³/mol. The number of hydrogen-bond donors (Lipinski definition) is 2. The normalized spacial score (nSPS) is 18.8. The molecule has 0 aromatic heterocycles. The van der Waals surface area contributed by atoms with Crippen molar-refractivity contribution in [3.05, 3.63) is 29.8 Å². The molecule has 29 heavy (non-hydrogen) atoms. The summed E-state index contributed by atoms with van der Waals surface area (Å²) in [4.78, 5) is 37.0. The molecule has 9 heteroatoms. The minimum Gasteiger partial charge on any atom is -0.484 e. The Hall–Kier alpha value is -2.94. The Bertz CT molecular complexity index is 738. The third-order valence-electron chi connectivity index (χ3n) is 4.77. The number of likely N-dealkylation sites (tertiary alicyclic amines) is 1. The smallest absolute Gasteiger partial charge is 0.329 e. The maximum absolute atomic E-state index is 11.9. The van der Waals surface area contributed by atoms with Crippen molar-refractivity contribution in [2.45, 2.75) is 31.8 Å². The van der Waals surface area contributed by atoms with E-state index < -0.39 is 11.8 Å². The molecule has 3 amide bonds. The lowest BCUT2D eigenvalue weighted by atomic mass is 10.2. The number of carbonyl (C=O) groups is 3. The van der Waals surface area contributed by atoms with Gasteiger partial charge in [-0.15, -0.1) is 0 Å². The predicted octanol–water partition coefficient (Wildman–Crippen LogP) is 0.433. The van der Waals surface area contributed by atoms with Gasteiger partial charge in [0.05, 0.1) is 12.3 Å². The second-order valence-corrected chi connectivity index (χ2v) is 7.00. The van der Waals surface area contributed by atoms with Crippen LogP contribution in [0, 0.1) is 0 Å². The highest BCUT2D eigenvalue weighted by atomic mass is 16.5. The van der Waals surface area contributed by atoms with Crippen LogP contribution < -0.4 is 15.5 Å². The molecule has 2 aliphatic heterocycles. The molecule has 0 radical (unpaired) electrons. The van der Waals surface area contributed by atoms with E-state index in [-0.39, 0.29) is 18.6 Å². The third-order valence-corrected chi connectivity index (χ3v) is 4.77. The van der Waals surface area contributed by atoms with Crippen LogP contribution in [0.2, 0.25) is 0 Å². The zero-order valence-electron chi connectivity index (χ0n) is 16.3. The van der Waals surface area contributed by atoms with Crippen LogP contribution in [0.4, 0.5) is 0 Å². The number of hydrogen-bond acceptors (Lipinski definition) is 6. The van der Waals surface area contributed by atoms with Crippen LogP contribution in [0.25, 0.3) is 0 Å². The van der Waals surface area contributed by atoms with Crippen molar-refractivity contribution in [1.82, 2.24) is 15.6 Å². The standard InChI is InChI=1S/C20H26N4O5/c25-18(21-13-17-4-3-11-28-17)14-29-16-7-5-15(6-8-16)12-22-23-19(26)20(27)24-9-1-2-10-24/h5-8,12,17H,1-4,9-11,13-14H2,(H,21,25)(H,23,26)/b22-12-/t17-/m0/s1. The van der Waals surface area contributed by atoms with Crippen molar-refractivity contribution < 1.29 is 23.9 Å². The highest BCUT2D eigenvalue weighted by molar-refractivity contribution is 6.35. The fraction of sp³-hybridized carbons (Fsp3) is 0.500. The van der Waals surface area contributed by atoms with Gasteiger partial charge in [0.1, 0.15) is 5.75 Å². The average molecular weight is 402 g/mol. The van der Waals surface area contributed by atoms with Gasteiger partial charge in [0.15, 0.2) is 6.61 Å². The molecular weight excluding hydrogens is 376 g/mol. The molecule has 2 saturated heterocycles. The zero-order chi connectivity index (χ0) is 20.5. The van der Waals surface area contributed by atoms with Crippen molar-refractivity contribution in [3.8, 4) is 5.75 Å². The number of rotatable bonds is 7. The topological polar surface area (TPSA) is 109 Å². The number of benzene rings is 1. The Labute approximate surface area is 169 Å². The summed E-state index contributed by atoms with van der Waals surface area (Å²) in [7, 11) is 0. The van der Waals surface area contributed by atoms with Crippen LogP contribution in [-0.4, -0.2) is 67.8 Å². The van der Waals surface area contributed by atoms with Gasteiger partial charge in [0.2, 0.25) is 0 Å². The maximum atomic E-state index is 11.9. The molecule has 1 aromatic rings. The molecule has 0 saturated carbocycles. The molecule has 0 aliphatic carbocycles. The molecule has 2 N–H and O–H groups in total. The van der Waals surface area contributed by atoms with E-state index in [4.69, 9.17) is 9.47 Å². The fourth-order valence-corrected chi connectivity index (χ4v) is 3.16. The number of hydrazone groups is 1. The van der Waals surface area contributed by atoms with Gasteiger partial charge in [-0.05, 0) is 55.5 Å². The second kappa shape index (κ2) is 10.6. The SMILES string of the molecule is O=C(COc1ccc(/C=N\NC(=O)C(=O)N2CCCC2)cc1)NC[C@@H]1CCCO1. The van der Waals surface area contributed by atoms with E-state index in [9.17, 15) is 14.4 Å². The summed E-state index contributed by atoms with van der Waals surface area (Å²) in [5.74, 6) is -0.947. The molecule has 2 heterocycles. The lowest BCUT2D eigenvalue weighted by Crippen LogP contribution is -2.39. The van der Waals surface area contributed by atoms with E-state index in [1.54, 1.807) is 24.3 Å². The number of nitrogens with zero attached hydrogens (tertiary/aromatic N) is 2. The summed E-state index contributed by atoms with van der Waals surface area (Å²) >= 11 is 0. The molecule has 1 aromatic carbocycles. The monoisotopic (exact) mass is 402 g/mol. The van der Waals surface area contributed by atoms with Gasteiger partial charge < -0.3 is 19.7 Å². The van der Waals surface area contributed by atoms with Crippen molar-refractivity contribution in [2.24, 2.45) is 5.10 Å². The van der Waals surface area contributed by atoms with Gasteiger partial charge in [-0.25, -0.2) is 5.43 Å². The van der Waals surface area contributed by atoms with E-state index in [2.05, 4.69) is 15.8 Å². The van der Waals surface area contributed by atoms with E-state index >= 15 is 0 Å². The number of nitrogens with one attached hydrogen (secondary N) is 2. The molecule has 2 aliphatic rings.